The standard InChI is InChI=1S/C10H9N5O3/c11-8-13-9(15-10(18)14-8)12-7(17)5-1-3-6(16)4-2-5/h1-4,16H,(H4,11,12,13,14,15,17,18). The van der Waals surface area contributed by atoms with Gasteiger partial charge in [-0.2, -0.15) is 9.97 Å². The first-order valence-electron chi connectivity index (χ1n) is 4.89. The fourth-order valence-electron chi connectivity index (χ4n) is 1.24. The van der Waals surface area contributed by atoms with Gasteiger partial charge < -0.3 is 10.8 Å². The summed E-state index contributed by atoms with van der Waals surface area (Å²) < 4.78 is 0. The second kappa shape index (κ2) is 4.53. The summed E-state index contributed by atoms with van der Waals surface area (Å²) in [5, 5.41) is 11.4. The van der Waals surface area contributed by atoms with Gasteiger partial charge in [-0.1, -0.05) is 0 Å². The van der Waals surface area contributed by atoms with Gasteiger partial charge in [0.2, 0.25) is 11.9 Å². The van der Waals surface area contributed by atoms with Gasteiger partial charge in [-0.15, -0.1) is 0 Å². The highest BCUT2D eigenvalue weighted by Gasteiger charge is 2.08. The highest BCUT2D eigenvalue weighted by Crippen LogP contribution is 2.10. The Hall–Kier alpha value is -2.90. The molecule has 0 saturated heterocycles. The minimum absolute atomic E-state index is 0.0446. The largest absolute Gasteiger partial charge is 0.508 e. The van der Waals surface area contributed by atoms with Crippen LogP contribution in [-0.2, 0) is 0 Å². The van der Waals surface area contributed by atoms with Crippen LogP contribution in [0.4, 0.5) is 11.9 Å². The minimum atomic E-state index is -0.705. The first-order valence-corrected chi connectivity index (χ1v) is 4.89. The highest BCUT2D eigenvalue weighted by atomic mass is 16.3. The molecule has 1 aromatic carbocycles. The number of nitrogens with zero attached hydrogens (tertiary/aromatic N) is 2. The smallest absolute Gasteiger partial charge is 0.350 e. The number of aromatic nitrogens is 3. The van der Waals surface area contributed by atoms with Crippen LogP contribution in [-0.4, -0.2) is 26.0 Å². The molecule has 8 heteroatoms. The zero-order valence-corrected chi connectivity index (χ0v) is 9.04. The lowest BCUT2D eigenvalue weighted by atomic mass is 10.2. The molecule has 2 aromatic rings. The maximum atomic E-state index is 11.7. The number of nitrogens with two attached hydrogens (primary N) is 1. The van der Waals surface area contributed by atoms with E-state index in [4.69, 9.17) is 10.8 Å². The van der Waals surface area contributed by atoms with Gasteiger partial charge >= 0.3 is 5.69 Å². The van der Waals surface area contributed by atoms with Crippen LogP contribution in [0.25, 0.3) is 0 Å². The molecule has 0 bridgehead atoms. The Kier molecular flexibility index (Phi) is 2.92. The molecule has 0 radical (unpaired) electrons. The molecule has 0 unspecified atom stereocenters. The number of carbonyl (C=O) groups is 1. The van der Waals surface area contributed by atoms with Crippen molar-refractivity contribution in [1.29, 1.82) is 0 Å². The molecule has 1 heterocycles. The number of aromatic hydroxyl groups is 1. The molecule has 0 saturated carbocycles. The summed E-state index contributed by atoms with van der Waals surface area (Å²) in [5.74, 6) is -0.798. The predicted molar refractivity (Wildman–Crippen MR) is 63.1 cm³/mol. The van der Waals surface area contributed by atoms with Crippen molar-refractivity contribution in [2.24, 2.45) is 0 Å². The summed E-state index contributed by atoms with van der Waals surface area (Å²) in [7, 11) is 0. The fourth-order valence-corrected chi connectivity index (χ4v) is 1.24. The first-order chi connectivity index (χ1) is 8.54. The van der Waals surface area contributed by atoms with Gasteiger partial charge in [-0.05, 0) is 24.3 Å². The second-order valence-corrected chi connectivity index (χ2v) is 3.36. The van der Waals surface area contributed by atoms with Gasteiger partial charge in [-0.3, -0.25) is 15.1 Å². The summed E-state index contributed by atoms with van der Waals surface area (Å²) in [6, 6.07) is 5.56. The van der Waals surface area contributed by atoms with E-state index >= 15 is 0 Å². The van der Waals surface area contributed by atoms with E-state index in [0.717, 1.165) is 0 Å². The first kappa shape index (κ1) is 11.6. The van der Waals surface area contributed by atoms with Crippen LogP contribution in [0, 0.1) is 0 Å². The number of nitrogen functional groups attached to an aromatic ring is 1. The molecule has 0 aliphatic heterocycles. The lowest BCUT2D eigenvalue weighted by molar-refractivity contribution is 0.102. The summed E-state index contributed by atoms with van der Waals surface area (Å²) in [6.07, 6.45) is 0. The average molecular weight is 247 g/mol. The van der Waals surface area contributed by atoms with Gasteiger partial charge in [0.25, 0.3) is 5.91 Å². The van der Waals surface area contributed by atoms with Crippen LogP contribution in [0.15, 0.2) is 29.1 Å². The van der Waals surface area contributed by atoms with E-state index in [1.807, 2.05) is 0 Å². The Balaban J connectivity index is 2.21. The predicted octanol–water partition coefficient (Wildman–Crippen LogP) is -0.295. The van der Waals surface area contributed by atoms with Crippen molar-refractivity contribution in [3.63, 3.8) is 0 Å². The third-order valence-electron chi connectivity index (χ3n) is 2.02. The van der Waals surface area contributed by atoms with E-state index in [0.29, 0.717) is 0 Å². The topological polar surface area (TPSA) is 134 Å². The number of nitrogens with one attached hydrogen (secondary N) is 2. The normalized spacial score (nSPS) is 10.0. The van der Waals surface area contributed by atoms with Crippen molar-refractivity contribution in [1.82, 2.24) is 15.0 Å². The van der Waals surface area contributed by atoms with Gasteiger partial charge in [0.05, 0.1) is 0 Å². The number of H-pyrrole nitrogens is 1. The highest BCUT2D eigenvalue weighted by molar-refractivity contribution is 6.03. The molecule has 2 rings (SSSR count). The number of hydrogen-bond acceptors (Lipinski definition) is 6. The average Bonchev–Trinajstić information content (AvgIpc) is 2.28. The number of hydrogen-bond donors (Lipinski definition) is 4. The molecular formula is C10H9N5O3. The number of amides is 1. The number of benzene rings is 1. The van der Waals surface area contributed by atoms with Crippen molar-refractivity contribution in [3.8, 4) is 5.75 Å². The molecule has 0 atom stereocenters. The van der Waals surface area contributed by atoms with Crippen LogP contribution in [0.3, 0.4) is 0 Å². The third kappa shape index (κ3) is 2.61. The summed E-state index contributed by atoms with van der Waals surface area (Å²) >= 11 is 0. The number of aromatic amines is 1. The number of rotatable bonds is 2. The van der Waals surface area contributed by atoms with Crippen molar-refractivity contribution in [2.45, 2.75) is 0 Å². The van der Waals surface area contributed by atoms with E-state index in [-0.39, 0.29) is 23.2 Å². The number of phenolic OH excluding ortho intramolecular Hbond substituents is 1. The second-order valence-electron chi connectivity index (χ2n) is 3.36. The Labute approximate surface area is 101 Å². The Morgan fingerprint density at radius 3 is 2.56 bits per heavy atom. The van der Waals surface area contributed by atoms with Crippen LogP contribution in [0.5, 0.6) is 5.75 Å². The van der Waals surface area contributed by atoms with E-state index in [2.05, 4.69) is 20.3 Å². The molecule has 8 nitrogen and oxygen atoms in total. The van der Waals surface area contributed by atoms with Gasteiger partial charge in [-0.25, -0.2) is 4.79 Å². The lowest BCUT2D eigenvalue weighted by Crippen LogP contribution is -2.21. The number of carbonyl (C=O) groups excluding carboxylic acids is 1. The fraction of sp³-hybridized carbons (Fsp3) is 0. The zero-order chi connectivity index (χ0) is 13.1. The molecule has 0 spiro atoms. The molecule has 18 heavy (non-hydrogen) atoms. The maximum Gasteiger partial charge on any atom is 0.350 e. The van der Waals surface area contributed by atoms with Crippen molar-refractivity contribution in [2.75, 3.05) is 11.1 Å². The third-order valence-corrected chi connectivity index (χ3v) is 2.02. The molecular weight excluding hydrogens is 238 g/mol. The molecule has 92 valence electrons. The molecule has 5 N–H and O–H groups in total. The summed E-state index contributed by atoms with van der Waals surface area (Å²) in [4.78, 5) is 32.0. The van der Waals surface area contributed by atoms with Crippen molar-refractivity contribution in [3.05, 3.63) is 40.3 Å². The van der Waals surface area contributed by atoms with Crippen LogP contribution >= 0.6 is 0 Å². The minimum Gasteiger partial charge on any atom is -0.508 e. The van der Waals surface area contributed by atoms with Gasteiger partial charge in [0.1, 0.15) is 5.75 Å². The Morgan fingerprint density at radius 1 is 1.28 bits per heavy atom. The monoisotopic (exact) mass is 247 g/mol. The molecule has 1 aromatic heterocycles. The number of anilines is 2. The number of phenols is 1. The van der Waals surface area contributed by atoms with Gasteiger partial charge in [0.15, 0.2) is 0 Å². The van der Waals surface area contributed by atoms with E-state index < -0.39 is 11.6 Å². The van der Waals surface area contributed by atoms with Gasteiger partial charge in [0, 0.05) is 5.56 Å². The van der Waals surface area contributed by atoms with Crippen LogP contribution in [0.2, 0.25) is 0 Å². The van der Waals surface area contributed by atoms with E-state index in [9.17, 15) is 9.59 Å². The summed E-state index contributed by atoms with van der Waals surface area (Å²) in [6.45, 7) is 0. The van der Waals surface area contributed by atoms with E-state index in [1.54, 1.807) is 0 Å². The Bertz CT molecular complexity index is 635. The Morgan fingerprint density at radius 2 is 1.94 bits per heavy atom. The maximum absolute atomic E-state index is 11.7. The zero-order valence-electron chi connectivity index (χ0n) is 9.04. The molecule has 0 aliphatic rings. The summed E-state index contributed by atoms with van der Waals surface area (Å²) in [5.41, 5.74) is 4.88. The van der Waals surface area contributed by atoms with Crippen LogP contribution in [0.1, 0.15) is 10.4 Å². The van der Waals surface area contributed by atoms with Crippen molar-refractivity contribution >= 4 is 17.8 Å². The van der Waals surface area contributed by atoms with E-state index in [1.165, 1.54) is 24.3 Å². The molecule has 0 fully saturated rings. The quantitative estimate of drug-likeness (QED) is 0.575. The molecule has 0 aliphatic carbocycles. The van der Waals surface area contributed by atoms with Crippen molar-refractivity contribution < 1.29 is 9.90 Å². The lowest BCUT2D eigenvalue weighted by Gasteiger charge is -2.03. The SMILES string of the molecule is Nc1nc(NC(=O)c2ccc(O)cc2)nc(=O)[nH]1. The van der Waals surface area contributed by atoms with Crippen LogP contribution < -0.4 is 16.7 Å². The molecule has 1 amide bonds.